The van der Waals surface area contributed by atoms with Crippen molar-refractivity contribution >= 4 is 11.8 Å². The van der Waals surface area contributed by atoms with Crippen LogP contribution in [0.25, 0.3) is 0 Å². The smallest absolute Gasteiger partial charge is 0.324 e. The number of carbonyl (C=O) groups is 2. The molecule has 0 aliphatic carbocycles. The van der Waals surface area contributed by atoms with Gasteiger partial charge in [-0.15, -0.1) is 0 Å². The van der Waals surface area contributed by atoms with E-state index < -0.39 is 0 Å². The van der Waals surface area contributed by atoms with E-state index in [1.165, 1.54) is 7.11 Å². The van der Waals surface area contributed by atoms with E-state index >= 15 is 0 Å². The molecular formula is C13H15NO3. The summed E-state index contributed by atoms with van der Waals surface area (Å²) in [4.78, 5) is 25.1. The molecule has 3 atom stereocenters. The van der Waals surface area contributed by atoms with Crippen molar-refractivity contribution < 1.29 is 14.3 Å². The Morgan fingerprint density at radius 2 is 1.94 bits per heavy atom. The lowest BCUT2D eigenvalue weighted by atomic mass is 10.1. The van der Waals surface area contributed by atoms with Crippen LogP contribution < -0.4 is 0 Å². The maximum Gasteiger partial charge on any atom is 0.324 e. The maximum atomic E-state index is 11.9. The monoisotopic (exact) mass is 233 g/mol. The Hall–Kier alpha value is -1.68. The molecule has 90 valence electrons. The van der Waals surface area contributed by atoms with Gasteiger partial charge in [0.15, 0.2) is 5.78 Å². The third kappa shape index (κ3) is 2.36. The number of hydrogen-bond acceptors (Lipinski definition) is 4. The summed E-state index contributed by atoms with van der Waals surface area (Å²) in [7, 11) is 1.37. The molecule has 17 heavy (non-hydrogen) atoms. The molecule has 4 nitrogen and oxygen atoms in total. The second-order valence-electron chi connectivity index (χ2n) is 4.17. The Kier molecular flexibility index (Phi) is 3.24. The van der Waals surface area contributed by atoms with Crippen LogP contribution in [0.1, 0.15) is 17.3 Å². The Labute approximate surface area is 100 Å². The predicted octanol–water partition coefficient (Wildman–Crippen LogP) is 1.11. The lowest BCUT2D eigenvalue weighted by Crippen LogP contribution is -2.20. The van der Waals surface area contributed by atoms with Gasteiger partial charge in [-0.1, -0.05) is 30.3 Å². The Morgan fingerprint density at radius 3 is 2.53 bits per heavy atom. The highest BCUT2D eigenvalue weighted by Gasteiger charge is 2.50. The Morgan fingerprint density at radius 1 is 1.29 bits per heavy atom. The van der Waals surface area contributed by atoms with Crippen molar-refractivity contribution in [3.05, 3.63) is 35.9 Å². The highest BCUT2D eigenvalue weighted by molar-refractivity contribution is 5.98. The Bertz CT molecular complexity index is 430. The molecule has 2 rings (SSSR count). The topological polar surface area (TPSA) is 46.4 Å². The zero-order valence-electron chi connectivity index (χ0n) is 9.92. The quantitative estimate of drug-likeness (QED) is 0.444. The summed E-state index contributed by atoms with van der Waals surface area (Å²) in [5, 5.41) is 0. The highest BCUT2D eigenvalue weighted by atomic mass is 16.5. The lowest BCUT2D eigenvalue weighted by molar-refractivity contribution is -0.140. The summed E-state index contributed by atoms with van der Waals surface area (Å²) in [6.45, 7) is 2.19. The van der Waals surface area contributed by atoms with Gasteiger partial charge in [-0.05, 0) is 6.92 Å². The SMILES string of the molecule is COC(=O)[C@@H]1[C@H](C)N1CC(=O)c1ccccc1. The highest BCUT2D eigenvalue weighted by Crippen LogP contribution is 2.28. The number of ether oxygens (including phenoxy) is 1. The zero-order valence-corrected chi connectivity index (χ0v) is 9.92. The summed E-state index contributed by atoms with van der Waals surface area (Å²) in [6, 6.07) is 8.93. The molecule has 1 aliphatic rings. The minimum Gasteiger partial charge on any atom is -0.468 e. The number of carbonyl (C=O) groups excluding carboxylic acids is 2. The van der Waals surface area contributed by atoms with E-state index in [4.69, 9.17) is 0 Å². The van der Waals surface area contributed by atoms with Crippen molar-refractivity contribution in [1.29, 1.82) is 0 Å². The molecular weight excluding hydrogens is 218 g/mol. The number of nitrogens with zero attached hydrogens (tertiary/aromatic N) is 1. The average Bonchev–Trinajstić information content (AvgIpc) is 2.99. The lowest BCUT2D eigenvalue weighted by Gasteiger charge is -2.02. The first-order valence-electron chi connectivity index (χ1n) is 5.57. The molecule has 0 aromatic heterocycles. The third-order valence-corrected chi connectivity index (χ3v) is 3.11. The van der Waals surface area contributed by atoms with Crippen LogP contribution in [0.3, 0.4) is 0 Å². The molecule has 1 unspecified atom stereocenters. The van der Waals surface area contributed by atoms with Crippen LogP contribution in [0.4, 0.5) is 0 Å². The Balaban J connectivity index is 1.96. The first kappa shape index (κ1) is 11.8. The van der Waals surface area contributed by atoms with Crippen molar-refractivity contribution in [2.24, 2.45) is 0 Å². The first-order valence-corrected chi connectivity index (χ1v) is 5.57. The summed E-state index contributed by atoms with van der Waals surface area (Å²) in [5.74, 6) is -0.234. The molecule has 0 N–H and O–H groups in total. The number of esters is 1. The van der Waals surface area contributed by atoms with Crippen LogP contribution in [-0.2, 0) is 9.53 Å². The number of hydrogen-bond donors (Lipinski definition) is 0. The first-order chi connectivity index (χ1) is 8.15. The summed E-state index contributed by atoms with van der Waals surface area (Å²) in [6.07, 6.45) is 0. The molecule has 0 spiro atoms. The van der Waals surface area contributed by atoms with Crippen molar-refractivity contribution in [2.75, 3.05) is 13.7 Å². The van der Waals surface area contributed by atoms with E-state index in [9.17, 15) is 9.59 Å². The van der Waals surface area contributed by atoms with E-state index in [1.54, 1.807) is 12.1 Å². The number of ketones is 1. The van der Waals surface area contributed by atoms with E-state index in [1.807, 2.05) is 30.0 Å². The van der Waals surface area contributed by atoms with E-state index in [-0.39, 0.29) is 30.4 Å². The van der Waals surface area contributed by atoms with Crippen LogP contribution in [0.15, 0.2) is 30.3 Å². The molecule has 1 aromatic rings. The number of Topliss-reactive ketones (excluding diaryl/α,β-unsaturated/α-hetero) is 1. The summed E-state index contributed by atoms with van der Waals surface area (Å²) in [5.41, 5.74) is 0.676. The van der Waals surface area contributed by atoms with Gasteiger partial charge in [0, 0.05) is 11.6 Å². The number of methoxy groups -OCH3 is 1. The van der Waals surface area contributed by atoms with Gasteiger partial charge in [-0.2, -0.15) is 0 Å². The van der Waals surface area contributed by atoms with Crippen molar-refractivity contribution in [3.8, 4) is 0 Å². The molecule has 0 bridgehead atoms. The molecule has 0 saturated carbocycles. The van der Waals surface area contributed by atoms with Gasteiger partial charge in [0.25, 0.3) is 0 Å². The molecule has 1 fully saturated rings. The van der Waals surface area contributed by atoms with Crippen LogP contribution in [0.2, 0.25) is 0 Å². The molecule has 1 aromatic carbocycles. The standard InChI is InChI=1S/C13H15NO3/c1-9-12(13(16)17-2)14(9)8-11(15)10-6-4-3-5-7-10/h3-7,9,12H,8H2,1-2H3/t9-,12-,14?/m0/s1. The second-order valence-corrected chi connectivity index (χ2v) is 4.17. The van der Waals surface area contributed by atoms with Crippen LogP contribution in [0, 0.1) is 0 Å². The minimum atomic E-state index is -0.265. The van der Waals surface area contributed by atoms with Gasteiger partial charge in [-0.25, -0.2) is 0 Å². The normalized spacial score (nSPS) is 26.4. The molecule has 0 radical (unpaired) electrons. The van der Waals surface area contributed by atoms with E-state index in [0.717, 1.165) is 0 Å². The molecule has 1 aliphatic heterocycles. The zero-order chi connectivity index (χ0) is 12.4. The fraction of sp³-hybridized carbons (Fsp3) is 0.385. The van der Waals surface area contributed by atoms with E-state index in [2.05, 4.69) is 4.74 Å². The average molecular weight is 233 g/mol. The fourth-order valence-electron chi connectivity index (χ4n) is 1.99. The number of benzene rings is 1. The van der Waals surface area contributed by atoms with Gasteiger partial charge in [0.05, 0.1) is 13.7 Å². The third-order valence-electron chi connectivity index (χ3n) is 3.11. The summed E-state index contributed by atoms with van der Waals surface area (Å²) < 4.78 is 4.67. The van der Waals surface area contributed by atoms with Crippen LogP contribution in [-0.4, -0.2) is 42.4 Å². The van der Waals surface area contributed by atoms with Crippen molar-refractivity contribution in [2.45, 2.75) is 19.0 Å². The second kappa shape index (κ2) is 4.67. The van der Waals surface area contributed by atoms with Gasteiger partial charge < -0.3 is 4.74 Å². The van der Waals surface area contributed by atoms with Gasteiger partial charge >= 0.3 is 5.97 Å². The minimum absolute atomic E-state index is 0.0313. The largest absolute Gasteiger partial charge is 0.468 e. The molecule has 4 heteroatoms. The van der Waals surface area contributed by atoms with Crippen molar-refractivity contribution in [3.63, 3.8) is 0 Å². The van der Waals surface area contributed by atoms with Crippen LogP contribution >= 0.6 is 0 Å². The maximum absolute atomic E-state index is 11.9. The van der Waals surface area contributed by atoms with Crippen LogP contribution in [0.5, 0.6) is 0 Å². The molecule has 1 heterocycles. The van der Waals surface area contributed by atoms with Crippen molar-refractivity contribution in [1.82, 2.24) is 4.90 Å². The van der Waals surface area contributed by atoms with Gasteiger partial charge in [0.2, 0.25) is 0 Å². The van der Waals surface area contributed by atoms with E-state index in [0.29, 0.717) is 5.56 Å². The molecule has 0 amide bonds. The van der Waals surface area contributed by atoms with Gasteiger partial charge in [-0.3, -0.25) is 14.5 Å². The fourth-order valence-corrected chi connectivity index (χ4v) is 1.99. The predicted molar refractivity (Wildman–Crippen MR) is 62.7 cm³/mol. The molecule has 1 saturated heterocycles. The number of rotatable bonds is 4. The summed E-state index contributed by atoms with van der Waals surface area (Å²) >= 11 is 0. The van der Waals surface area contributed by atoms with Gasteiger partial charge in [0.1, 0.15) is 6.04 Å².